The summed E-state index contributed by atoms with van der Waals surface area (Å²) in [5.41, 5.74) is 0. The normalized spacial score (nSPS) is 12.5. The van der Waals surface area contributed by atoms with Crippen LogP contribution >= 0.6 is 35.0 Å². The van der Waals surface area contributed by atoms with E-state index < -0.39 is 6.10 Å². The van der Waals surface area contributed by atoms with E-state index in [9.17, 15) is 0 Å². The molecule has 17 heavy (non-hydrogen) atoms. The quantitative estimate of drug-likeness (QED) is 0.759. The number of halogens is 2. The van der Waals surface area contributed by atoms with Crippen LogP contribution in [0.4, 0.5) is 0 Å². The monoisotopic (exact) mass is 296 g/mol. The molecule has 0 aromatic heterocycles. The zero-order valence-corrected chi connectivity index (χ0v) is 11.4. The van der Waals surface area contributed by atoms with Crippen LogP contribution in [0.5, 0.6) is 5.75 Å². The van der Waals surface area contributed by atoms with Gasteiger partial charge in [0.1, 0.15) is 5.75 Å². The molecule has 0 aliphatic carbocycles. The second-order valence-electron chi connectivity index (χ2n) is 3.33. The number of ether oxygens (including phenoxy) is 1. The fraction of sp³-hybridized carbons (Fsp3) is 0.455. The smallest absolute Gasteiger partial charge is 0.138 e. The SMILES string of the molecule is OCC(O)CSCCOc1ccc(Cl)cc1Cl. The number of aliphatic hydroxyl groups excluding tert-OH is 2. The summed E-state index contributed by atoms with van der Waals surface area (Å²) in [7, 11) is 0. The predicted molar refractivity (Wildman–Crippen MR) is 72.4 cm³/mol. The largest absolute Gasteiger partial charge is 0.491 e. The van der Waals surface area contributed by atoms with Gasteiger partial charge >= 0.3 is 0 Å². The van der Waals surface area contributed by atoms with Gasteiger partial charge in [-0.3, -0.25) is 0 Å². The molecule has 0 fully saturated rings. The maximum atomic E-state index is 9.10. The lowest BCUT2D eigenvalue weighted by Gasteiger charge is -2.09. The maximum absolute atomic E-state index is 9.10. The van der Waals surface area contributed by atoms with Crippen LogP contribution in [-0.2, 0) is 0 Å². The van der Waals surface area contributed by atoms with Crippen molar-refractivity contribution in [3.05, 3.63) is 28.2 Å². The number of hydrogen-bond acceptors (Lipinski definition) is 4. The Morgan fingerprint density at radius 2 is 2.12 bits per heavy atom. The molecule has 3 nitrogen and oxygen atoms in total. The van der Waals surface area contributed by atoms with Crippen LogP contribution in [0.3, 0.4) is 0 Å². The van der Waals surface area contributed by atoms with Crippen molar-refractivity contribution in [2.24, 2.45) is 0 Å². The lowest BCUT2D eigenvalue weighted by molar-refractivity contribution is 0.113. The Bertz CT molecular complexity index is 349. The van der Waals surface area contributed by atoms with Crippen molar-refractivity contribution in [3.63, 3.8) is 0 Å². The molecule has 0 amide bonds. The van der Waals surface area contributed by atoms with Gasteiger partial charge in [-0.15, -0.1) is 0 Å². The average Bonchev–Trinajstić information content (AvgIpc) is 2.30. The zero-order chi connectivity index (χ0) is 12.7. The number of thioether (sulfide) groups is 1. The Kier molecular flexibility index (Phi) is 7.08. The second kappa shape index (κ2) is 8.06. The van der Waals surface area contributed by atoms with E-state index in [-0.39, 0.29) is 6.61 Å². The van der Waals surface area contributed by atoms with Crippen molar-refractivity contribution < 1.29 is 14.9 Å². The molecule has 1 rings (SSSR count). The Balaban J connectivity index is 2.22. The van der Waals surface area contributed by atoms with Crippen molar-refractivity contribution >= 4 is 35.0 Å². The Labute approximate surface area is 115 Å². The highest BCUT2D eigenvalue weighted by molar-refractivity contribution is 7.99. The number of hydrogen-bond donors (Lipinski definition) is 2. The summed E-state index contributed by atoms with van der Waals surface area (Å²) >= 11 is 13.2. The van der Waals surface area contributed by atoms with Gasteiger partial charge in [-0.05, 0) is 18.2 Å². The fourth-order valence-electron chi connectivity index (χ4n) is 1.07. The molecular weight excluding hydrogens is 283 g/mol. The van der Waals surface area contributed by atoms with Gasteiger partial charge in [0.25, 0.3) is 0 Å². The summed E-state index contributed by atoms with van der Waals surface area (Å²) in [4.78, 5) is 0. The number of benzene rings is 1. The molecule has 1 unspecified atom stereocenters. The maximum Gasteiger partial charge on any atom is 0.138 e. The van der Waals surface area contributed by atoms with E-state index in [1.165, 1.54) is 11.8 Å². The molecule has 0 heterocycles. The third-order valence-electron chi connectivity index (χ3n) is 1.90. The first kappa shape index (κ1) is 14.9. The van der Waals surface area contributed by atoms with Crippen molar-refractivity contribution in [2.45, 2.75) is 6.10 Å². The van der Waals surface area contributed by atoms with E-state index in [1.807, 2.05) is 0 Å². The summed E-state index contributed by atoms with van der Waals surface area (Å²) in [6.07, 6.45) is -0.667. The first-order chi connectivity index (χ1) is 8.13. The van der Waals surface area contributed by atoms with E-state index in [0.29, 0.717) is 28.2 Å². The lowest BCUT2D eigenvalue weighted by Crippen LogP contribution is -2.15. The Morgan fingerprint density at radius 1 is 1.35 bits per heavy atom. The fourth-order valence-corrected chi connectivity index (χ4v) is 2.28. The van der Waals surface area contributed by atoms with Crippen molar-refractivity contribution in [2.75, 3.05) is 24.7 Å². The summed E-state index contributed by atoms with van der Waals surface area (Å²) in [5, 5.41) is 18.8. The summed E-state index contributed by atoms with van der Waals surface area (Å²) in [6, 6.07) is 5.06. The molecule has 0 saturated heterocycles. The minimum Gasteiger partial charge on any atom is -0.491 e. The first-order valence-electron chi connectivity index (χ1n) is 5.08. The molecule has 0 aliphatic heterocycles. The minimum atomic E-state index is -0.667. The Hall–Kier alpha value is -0.130. The molecule has 0 bridgehead atoms. The number of aliphatic hydroxyl groups is 2. The van der Waals surface area contributed by atoms with Gasteiger partial charge in [0.2, 0.25) is 0 Å². The van der Waals surface area contributed by atoms with Crippen molar-refractivity contribution in [3.8, 4) is 5.75 Å². The molecule has 0 aliphatic rings. The molecule has 1 atom stereocenters. The van der Waals surface area contributed by atoms with Gasteiger partial charge in [-0.1, -0.05) is 23.2 Å². The molecule has 1 aromatic carbocycles. The van der Waals surface area contributed by atoms with Crippen LogP contribution in [-0.4, -0.2) is 41.0 Å². The topological polar surface area (TPSA) is 49.7 Å². The summed E-state index contributed by atoms with van der Waals surface area (Å²) in [6.45, 7) is 0.279. The highest BCUT2D eigenvalue weighted by Crippen LogP contribution is 2.27. The van der Waals surface area contributed by atoms with E-state index in [0.717, 1.165) is 5.75 Å². The molecule has 0 saturated carbocycles. The van der Waals surface area contributed by atoms with Crippen molar-refractivity contribution in [1.29, 1.82) is 0 Å². The average molecular weight is 297 g/mol. The van der Waals surface area contributed by atoms with Crippen LogP contribution in [0.15, 0.2) is 18.2 Å². The number of rotatable bonds is 7. The van der Waals surface area contributed by atoms with Gasteiger partial charge in [0.15, 0.2) is 0 Å². The van der Waals surface area contributed by atoms with Crippen LogP contribution in [0.1, 0.15) is 0 Å². The van der Waals surface area contributed by atoms with E-state index >= 15 is 0 Å². The van der Waals surface area contributed by atoms with Crippen LogP contribution in [0.25, 0.3) is 0 Å². The molecular formula is C11H14Cl2O3S. The summed E-state index contributed by atoms with van der Waals surface area (Å²) < 4.78 is 5.45. The van der Waals surface area contributed by atoms with Gasteiger partial charge in [-0.2, -0.15) is 11.8 Å². The predicted octanol–water partition coefficient (Wildman–Crippen LogP) is 2.46. The molecule has 96 valence electrons. The third kappa shape index (κ3) is 5.84. The zero-order valence-electron chi connectivity index (χ0n) is 9.10. The molecule has 0 spiro atoms. The molecule has 6 heteroatoms. The van der Waals surface area contributed by atoms with E-state index in [2.05, 4.69) is 0 Å². The lowest BCUT2D eigenvalue weighted by atomic mass is 10.3. The Morgan fingerprint density at radius 3 is 2.76 bits per heavy atom. The van der Waals surface area contributed by atoms with E-state index in [1.54, 1.807) is 18.2 Å². The molecule has 0 radical (unpaired) electrons. The van der Waals surface area contributed by atoms with Crippen LogP contribution in [0, 0.1) is 0 Å². The molecule has 2 N–H and O–H groups in total. The van der Waals surface area contributed by atoms with Gasteiger partial charge < -0.3 is 14.9 Å². The second-order valence-corrected chi connectivity index (χ2v) is 5.33. The standard InChI is InChI=1S/C11H14Cl2O3S/c12-8-1-2-11(10(13)5-8)16-3-4-17-7-9(15)6-14/h1-2,5,9,14-15H,3-4,6-7H2. The third-order valence-corrected chi connectivity index (χ3v) is 3.51. The van der Waals surface area contributed by atoms with Crippen LogP contribution < -0.4 is 4.74 Å². The first-order valence-corrected chi connectivity index (χ1v) is 6.99. The van der Waals surface area contributed by atoms with Crippen LogP contribution in [0.2, 0.25) is 10.0 Å². The molecule has 1 aromatic rings. The van der Waals surface area contributed by atoms with E-state index in [4.69, 9.17) is 38.2 Å². The minimum absolute atomic E-state index is 0.211. The van der Waals surface area contributed by atoms with Gasteiger partial charge in [0.05, 0.1) is 24.3 Å². The highest BCUT2D eigenvalue weighted by Gasteiger charge is 2.03. The van der Waals surface area contributed by atoms with Gasteiger partial charge in [-0.25, -0.2) is 0 Å². The van der Waals surface area contributed by atoms with Crippen molar-refractivity contribution in [1.82, 2.24) is 0 Å². The highest BCUT2D eigenvalue weighted by atomic mass is 35.5. The summed E-state index contributed by atoms with van der Waals surface area (Å²) in [5.74, 6) is 1.81. The van der Waals surface area contributed by atoms with Gasteiger partial charge in [0, 0.05) is 16.5 Å².